The van der Waals surface area contributed by atoms with Crippen LogP contribution in [0.3, 0.4) is 0 Å². The molecule has 0 saturated carbocycles. The van der Waals surface area contributed by atoms with Gasteiger partial charge in [0.1, 0.15) is 0 Å². The SMILES string of the molecule is C/C=C(\C=C/C(C)N(CCC#N)CCC#N)/C=C/CC(C)(C)c1ccccc1NC. The maximum absolute atomic E-state index is 8.87. The lowest BCUT2D eigenvalue weighted by Crippen LogP contribution is -2.33. The molecule has 160 valence electrons. The standard InChI is InChI=1S/C26H36N4/c1-6-23(16-15-22(2)30(20-10-18-27)21-11-19-28)12-9-17-26(3,4)24-13-7-8-14-25(24)29-5/h6-9,12-16,22,29H,10-11,17,20-21H2,1-5H3/b12-9+,16-15-,23-6-. The lowest BCUT2D eigenvalue weighted by Gasteiger charge is -2.26. The van der Waals surface area contributed by atoms with Crippen LogP contribution in [0.4, 0.5) is 5.69 Å². The summed E-state index contributed by atoms with van der Waals surface area (Å²) in [6, 6.07) is 13.0. The van der Waals surface area contributed by atoms with Crippen LogP contribution >= 0.6 is 0 Å². The molecule has 0 aliphatic carbocycles. The van der Waals surface area contributed by atoms with E-state index in [1.54, 1.807) is 0 Å². The van der Waals surface area contributed by atoms with E-state index in [4.69, 9.17) is 10.5 Å². The van der Waals surface area contributed by atoms with E-state index in [2.05, 4.69) is 97.8 Å². The number of rotatable bonds is 12. The molecule has 0 saturated heterocycles. The van der Waals surface area contributed by atoms with Crippen LogP contribution in [0, 0.1) is 22.7 Å². The first-order chi connectivity index (χ1) is 14.4. The van der Waals surface area contributed by atoms with Gasteiger partial charge in [0.05, 0.1) is 12.1 Å². The van der Waals surface area contributed by atoms with Crippen LogP contribution in [0.1, 0.15) is 52.5 Å². The average Bonchev–Trinajstić information content (AvgIpc) is 2.75. The van der Waals surface area contributed by atoms with Crippen LogP contribution in [0.15, 0.2) is 60.2 Å². The highest BCUT2D eigenvalue weighted by molar-refractivity contribution is 5.54. The summed E-state index contributed by atoms with van der Waals surface area (Å²) in [4.78, 5) is 2.18. The fourth-order valence-electron chi connectivity index (χ4n) is 3.42. The fourth-order valence-corrected chi connectivity index (χ4v) is 3.42. The van der Waals surface area contributed by atoms with Crippen molar-refractivity contribution in [3.8, 4) is 12.1 Å². The van der Waals surface area contributed by atoms with E-state index >= 15 is 0 Å². The summed E-state index contributed by atoms with van der Waals surface area (Å²) in [5.41, 5.74) is 3.66. The minimum absolute atomic E-state index is 0.0251. The van der Waals surface area contributed by atoms with Crippen molar-refractivity contribution in [2.45, 2.75) is 58.4 Å². The summed E-state index contributed by atoms with van der Waals surface area (Å²) >= 11 is 0. The van der Waals surface area contributed by atoms with Crippen molar-refractivity contribution in [1.29, 1.82) is 10.5 Å². The van der Waals surface area contributed by atoms with E-state index in [1.165, 1.54) is 11.3 Å². The van der Waals surface area contributed by atoms with E-state index < -0.39 is 0 Å². The Morgan fingerprint density at radius 3 is 2.33 bits per heavy atom. The van der Waals surface area contributed by atoms with Crippen molar-refractivity contribution in [2.75, 3.05) is 25.5 Å². The molecule has 30 heavy (non-hydrogen) atoms. The maximum atomic E-state index is 8.87. The van der Waals surface area contributed by atoms with E-state index in [1.807, 2.05) is 14.0 Å². The van der Waals surface area contributed by atoms with Crippen molar-refractivity contribution in [3.05, 3.63) is 65.8 Å². The Kier molecular flexibility index (Phi) is 11.3. The average molecular weight is 405 g/mol. The molecule has 1 rings (SSSR count). The van der Waals surface area contributed by atoms with Gasteiger partial charge in [0.2, 0.25) is 0 Å². The number of nitrogens with one attached hydrogen (secondary N) is 1. The summed E-state index contributed by atoms with van der Waals surface area (Å²) < 4.78 is 0. The molecule has 1 atom stereocenters. The summed E-state index contributed by atoms with van der Waals surface area (Å²) in [6.45, 7) is 10.1. The number of hydrogen-bond acceptors (Lipinski definition) is 4. The Labute approximate surface area is 183 Å². The van der Waals surface area contributed by atoms with Crippen LogP contribution < -0.4 is 5.32 Å². The Balaban J connectivity index is 2.79. The molecular formula is C26H36N4. The van der Waals surface area contributed by atoms with Gasteiger partial charge in [-0.25, -0.2) is 0 Å². The predicted molar refractivity (Wildman–Crippen MR) is 127 cm³/mol. The van der Waals surface area contributed by atoms with Crippen LogP contribution in [0.2, 0.25) is 0 Å². The Morgan fingerprint density at radius 1 is 1.13 bits per heavy atom. The van der Waals surface area contributed by atoms with E-state index in [0.717, 1.165) is 12.0 Å². The Hall–Kier alpha value is -2.82. The molecular weight excluding hydrogens is 368 g/mol. The molecule has 0 fully saturated rings. The van der Waals surface area contributed by atoms with Crippen molar-refractivity contribution in [2.24, 2.45) is 0 Å². The van der Waals surface area contributed by atoms with Gasteiger partial charge in [0, 0.05) is 44.7 Å². The molecule has 4 nitrogen and oxygen atoms in total. The highest BCUT2D eigenvalue weighted by Gasteiger charge is 2.21. The molecule has 0 aliphatic heterocycles. The minimum Gasteiger partial charge on any atom is -0.388 e. The predicted octanol–water partition coefficient (Wildman–Crippen LogP) is 5.97. The van der Waals surface area contributed by atoms with Gasteiger partial charge in [0.25, 0.3) is 0 Å². The van der Waals surface area contributed by atoms with Gasteiger partial charge >= 0.3 is 0 Å². The van der Waals surface area contributed by atoms with E-state index in [0.29, 0.717) is 25.9 Å². The molecule has 1 unspecified atom stereocenters. The smallest absolute Gasteiger partial charge is 0.0635 e. The second kappa shape index (κ2) is 13.4. The number of hydrogen-bond donors (Lipinski definition) is 1. The van der Waals surface area contributed by atoms with Gasteiger partial charge in [-0.2, -0.15) is 10.5 Å². The molecule has 0 bridgehead atoms. The molecule has 0 spiro atoms. The Morgan fingerprint density at radius 2 is 1.77 bits per heavy atom. The monoisotopic (exact) mass is 404 g/mol. The minimum atomic E-state index is 0.0251. The second-order valence-electron chi connectivity index (χ2n) is 8.03. The molecule has 0 amide bonds. The van der Waals surface area contributed by atoms with Crippen molar-refractivity contribution in [1.82, 2.24) is 4.90 Å². The van der Waals surface area contributed by atoms with Crippen LogP contribution in [-0.2, 0) is 5.41 Å². The molecule has 0 aliphatic rings. The van der Waals surface area contributed by atoms with Gasteiger partial charge in [0.15, 0.2) is 0 Å². The van der Waals surface area contributed by atoms with Crippen LogP contribution in [0.25, 0.3) is 0 Å². The lowest BCUT2D eigenvalue weighted by atomic mass is 9.80. The highest BCUT2D eigenvalue weighted by Crippen LogP contribution is 2.33. The summed E-state index contributed by atoms with van der Waals surface area (Å²) in [7, 11) is 1.96. The van der Waals surface area contributed by atoms with Crippen molar-refractivity contribution < 1.29 is 0 Å². The lowest BCUT2D eigenvalue weighted by molar-refractivity contribution is 0.252. The third kappa shape index (κ3) is 8.27. The summed E-state index contributed by atoms with van der Waals surface area (Å²) in [5.74, 6) is 0. The number of anilines is 1. The van der Waals surface area contributed by atoms with Gasteiger partial charge in [-0.1, -0.05) is 62.4 Å². The molecule has 1 aromatic rings. The number of benzene rings is 1. The largest absolute Gasteiger partial charge is 0.388 e. The number of nitrogens with zero attached hydrogens (tertiary/aromatic N) is 3. The molecule has 1 aromatic carbocycles. The van der Waals surface area contributed by atoms with Gasteiger partial charge in [-0.15, -0.1) is 0 Å². The number of allylic oxidation sites excluding steroid dienone is 5. The first-order valence-electron chi connectivity index (χ1n) is 10.7. The first-order valence-corrected chi connectivity index (χ1v) is 10.7. The fraction of sp³-hybridized carbons (Fsp3) is 0.462. The topological polar surface area (TPSA) is 62.9 Å². The zero-order valence-corrected chi connectivity index (χ0v) is 19.2. The third-order valence-electron chi connectivity index (χ3n) is 5.36. The van der Waals surface area contributed by atoms with Crippen molar-refractivity contribution >= 4 is 5.69 Å². The van der Waals surface area contributed by atoms with Gasteiger partial charge < -0.3 is 5.32 Å². The molecule has 0 heterocycles. The molecule has 0 radical (unpaired) electrons. The summed E-state index contributed by atoms with van der Waals surface area (Å²) in [5, 5.41) is 21.0. The summed E-state index contributed by atoms with van der Waals surface area (Å²) in [6.07, 6.45) is 12.7. The van der Waals surface area contributed by atoms with Crippen LogP contribution in [-0.4, -0.2) is 31.1 Å². The third-order valence-corrected chi connectivity index (χ3v) is 5.36. The Bertz CT molecular complexity index is 800. The van der Waals surface area contributed by atoms with E-state index in [-0.39, 0.29) is 11.5 Å². The zero-order valence-electron chi connectivity index (χ0n) is 19.2. The van der Waals surface area contributed by atoms with E-state index in [9.17, 15) is 0 Å². The van der Waals surface area contributed by atoms with Gasteiger partial charge in [-0.3, -0.25) is 4.90 Å². The van der Waals surface area contributed by atoms with Crippen molar-refractivity contribution in [3.63, 3.8) is 0 Å². The van der Waals surface area contributed by atoms with Crippen LogP contribution in [0.5, 0.6) is 0 Å². The highest BCUT2D eigenvalue weighted by atomic mass is 15.1. The zero-order chi connectivity index (χ0) is 22.4. The molecule has 4 heteroatoms. The quantitative estimate of drug-likeness (QED) is 0.436. The maximum Gasteiger partial charge on any atom is 0.0635 e. The number of para-hydroxylation sites is 1. The number of nitriles is 2. The second-order valence-corrected chi connectivity index (χ2v) is 8.03. The van der Waals surface area contributed by atoms with Gasteiger partial charge in [-0.05, 0) is 42.9 Å². The molecule has 0 aromatic heterocycles. The first kappa shape index (κ1) is 25.2. The normalized spacial score (nSPS) is 13.5. The molecule has 1 N–H and O–H groups in total.